The van der Waals surface area contributed by atoms with Crippen LogP contribution in [-0.2, 0) is 16.1 Å². The largest absolute Gasteiger partial charge is 0.376 e. The molecule has 3 aliphatic rings. The highest BCUT2D eigenvalue weighted by molar-refractivity contribution is 6.91. The molecule has 1 saturated heterocycles. The van der Waals surface area contributed by atoms with Gasteiger partial charge in [-0.2, -0.15) is 0 Å². The second-order valence-electron chi connectivity index (χ2n) is 10.4. The lowest BCUT2D eigenvalue weighted by molar-refractivity contribution is -0.122. The van der Waals surface area contributed by atoms with Gasteiger partial charge in [-0.05, 0) is 17.5 Å². The van der Waals surface area contributed by atoms with E-state index in [4.69, 9.17) is 10.5 Å². The van der Waals surface area contributed by atoms with Crippen molar-refractivity contribution in [2.45, 2.75) is 49.9 Å². The standard InChI is InChI=1S/C27H35N5O2Si/c1-18-21(16-34-15-19-10-6-4-7-11-19)23(35(2,3)20-12-8-5-9-13-20)14-22(18)32-17-29-24-25(32)30-27(28)31-26(24)33/h4-13,21-25,29H,1,14-17H2,2-3H3,(H3,28,30,31,33)/t21-,22-,23?,24?,25?/m0/s1. The first-order chi connectivity index (χ1) is 16.9. The fourth-order valence-corrected chi connectivity index (χ4v) is 9.64. The monoisotopic (exact) mass is 489 g/mol. The SMILES string of the molecule is C=C1[C@H](COCc2ccccc2)C([Si](C)(C)c2ccccc2)C[C@@H]1N1CNC2C(=O)NC(N)=NC21. The summed E-state index contributed by atoms with van der Waals surface area (Å²) >= 11 is 0. The van der Waals surface area contributed by atoms with Crippen LogP contribution in [0.5, 0.6) is 0 Å². The number of carbonyl (C=O) groups excluding carboxylic acids is 1. The number of guanidine groups is 1. The quantitative estimate of drug-likeness (QED) is 0.409. The summed E-state index contributed by atoms with van der Waals surface area (Å²) < 4.78 is 6.30. The van der Waals surface area contributed by atoms with Crippen LogP contribution in [-0.4, -0.2) is 56.4 Å². The van der Waals surface area contributed by atoms with Gasteiger partial charge in [0.2, 0.25) is 5.91 Å². The number of aliphatic imine (C=N–C) groups is 1. The summed E-state index contributed by atoms with van der Waals surface area (Å²) in [6.45, 7) is 11.3. The third-order valence-corrected chi connectivity index (χ3v) is 12.4. The molecule has 0 radical (unpaired) electrons. The van der Waals surface area contributed by atoms with Crippen LogP contribution in [0.15, 0.2) is 77.8 Å². The van der Waals surface area contributed by atoms with Gasteiger partial charge in [-0.25, -0.2) is 4.99 Å². The highest BCUT2D eigenvalue weighted by Crippen LogP contribution is 2.49. The molecular formula is C27H35N5O2Si. The number of nitrogens with two attached hydrogens (primary N) is 1. The van der Waals surface area contributed by atoms with Crippen LogP contribution in [0.2, 0.25) is 18.6 Å². The Kier molecular flexibility index (Phi) is 6.63. The summed E-state index contributed by atoms with van der Waals surface area (Å²) in [5.74, 6) is 0.308. The van der Waals surface area contributed by atoms with E-state index in [0.29, 0.717) is 25.4 Å². The average Bonchev–Trinajstić information content (AvgIpc) is 3.42. The van der Waals surface area contributed by atoms with Gasteiger partial charge in [0, 0.05) is 12.0 Å². The number of hydrogen-bond acceptors (Lipinski definition) is 6. The molecule has 2 fully saturated rings. The van der Waals surface area contributed by atoms with Gasteiger partial charge in [0.25, 0.3) is 0 Å². The molecule has 1 aliphatic carbocycles. The smallest absolute Gasteiger partial charge is 0.247 e. The van der Waals surface area contributed by atoms with E-state index in [-0.39, 0.29) is 36.0 Å². The van der Waals surface area contributed by atoms with Crippen molar-refractivity contribution in [1.82, 2.24) is 15.5 Å². The minimum atomic E-state index is -1.87. The van der Waals surface area contributed by atoms with Crippen LogP contribution in [0.3, 0.4) is 0 Å². The Morgan fingerprint density at radius 3 is 2.54 bits per heavy atom. The number of nitrogens with zero attached hydrogens (tertiary/aromatic N) is 2. The van der Waals surface area contributed by atoms with Gasteiger partial charge in [0.1, 0.15) is 12.2 Å². The number of fused-ring (bicyclic) bond motifs is 1. The van der Waals surface area contributed by atoms with Crippen LogP contribution >= 0.6 is 0 Å². The molecule has 35 heavy (non-hydrogen) atoms. The van der Waals surface area contributed by atoms with Crippen molar-refractivity contribution in [3.8, 4) is 0 Å². The molecular weight excluding hydrogens is 454 g/mol. The lowest BCUT2D eigenvalue weighted by atomic mass is 10.0. The predicted molar refractivity (Wildman–Crippen MR) is 142 cm³/mol. The number of benzene rings is 2. The van der Waals surface area contributed by atoms with Crippen molar-refractivity contribution in [2.24, 2.45) is 16.6 Å². The van der Waals surface area contributed by atoms with Crippen molar-refractivity contribution in [3.63, 3.8) is 0 Å². The van der Waals surface area contributed by atoms with E-state index in [9.17, 15) is 4.79 Å². The molecule has 184 valence electrons. The number of carbonyl (C=O) groups is 1. The zero-order valence-corrected chi connectivity index (χ0v) is 21.5. The summed E-state index contributed by atoms with van der Waals surface area (Å²) in [6, 6.07) is 20.9. The van der Waals surface area contributed by atoms with Gasteiger partial charge in [0.15, 0.2) is 5.96 Å². The van der Waals surface area contributed by atoms with E-state index in [2.05, 4.69) is 82.7 Å². The van der Waals surface area contributed by atoms with Crippen LogP contribution in [0, 0.1) is 5.92 Å². The Bertz CT molecular complexity index is 1110. The predicted octanol–water partition coefficient (Wildman–Crippen LogP) is 2.14. The summed E-state index contributed by atoms with van der Waals surface area (Å²) in [7, 11) is -1.87. The molecule has 0 aromatic heterocycles. The third-order valence-electron chi connectivity index (χ3n) is 8.06. The zero-order chi connectivity index (χ0) is 24.6. The molecule has 1 amide bonds. The maximum Gasteiger partial charge on any atom is 0.247 e. The van der Waals surface area contributed by atoms with Gasteiger partial charge in [-0.1, -0.05) is 91.1 Å². The Morgan fingerprint density at radius 1 is 1.14 bits per heavy atom. The van der Waals surface area contributed by atoms with Crippen molar-refractivity contribution < 1.29 is 9.53 Å². The second-order valence-corrected chi connectivity index (χ2v) is 15.2. The van der Waals surface area contributed by atoms with Crippen LogP contribution in [0.4, 0.5) is 0 Å². The van der Waals surface area contributed by atoms with Crippen molar-refractivity contribution in [2.75, 3.05) is 13.3 Å². The van der Waals surface area contributed by atoms with Crippen molar-refractivity contribution >= 4 is 25.1 Å². The van der Waals surface area contributed by atoms with Crippen LogP contribution in [0.1, 0.15) is 12.0 Å². The number of hydrogen-bond donors (Lipinski definition) is 3. The minimum absolute atomic E-state index is 0.116. The first-order valence-electron chi connectivity index (χ1n) is 12.4. The van der Waals surface area contributed by atoms with E-state index in [0.717, 1.165) is 6.42 Å². The molecule has 2 aromatic carbocycles. The average molecular weight is 490 g/mol. The van der Waals surface area contributed by atoms with E-state index >= 15 is 0 Å². The normalized spacial score (nSPS) is 29.1. The van der Waals surface area contributed by atoms with Gasteiger partial charge in [-0.15, -0.1) is 0 Å². The molecule has 0 bridgehead atoms. The number of nitrogens with one attached hydrogen (secondary N) is 2. The highest BCUT2D eigenvalue weighted by atomic mass is 28.3. The van der Waals surface area contributed by atoms with Crippen molar-refractivity contribution in [3.05, 3.63) is 78.4 Å². The van der Waals surface area contributed by atoms with E-state index in [1.54, 1.807) is 0 Å². The molecule has 0 spiro atoms. The zero-order valence-electron chi connectivity index (χ0n) is 20.5. The third kappa shape index (κ3) is 4.59. The summed E-state index contributed by atoms with van der Waals surface area (Å²) in [4.78, 5) is 19.3. The molecule has 2 heterocycles. The molecule has 2 aromatic rings. The molecule has 4 N–H and O–H groups in total. The maximum absolute atomic E-state index is 12.5. The molecule has 5 rings (SSSR count). The fourth-order valence-electron chi connectivity index (χ4n) is 6.03. The highest BCUT2D eigenvalue weighted by Gasteiger charge is 2.52. The minimum Gasteiger partial charge on any atom is -0.376 e. The number of ether oxygens (including phenoxy) is 1. The Labute approximate surface area is 208 Å². The van der Waals surface area contributed by atoms with E-state index in [1.807, 2.05) is 18.2 Å². The summed E-state index contributed by atoms with van der Waals surface area (Å²) in [6.07, 6.45) is 0.672. The second kappa shape index (κ2) is 9.70. The van der Waals surface area contributed by atoms with E-state index < -0.39 is 8.07 Å². The molecule has 7 nitrogen and oxygen atoms in total. The first-order valence-corrected chi connectivity index (χ1v) is 15.4. The fraction of sp³-hybridized carbons (Fsp3) is 0.407. The number of amides is 1. The molecule has 1 saturated carbocycles. The lowest BCUT2D eigenvalue weighted by Crippen LogP contribution is -2.56. The molecule has 8 heteroatoms. The molecule has 2 aliphatic heterocycles. The van der Waals surface area contributed by atoms with Crippen LogP contribution in [0.25, 0.3) is 0 Å². The van der Waals surface area contributed by atoms with Crippen LogP contribution < -0.4 is 21.6 Å². The topological polar surface area (TPSA) is 92.0 Å². The van der Waals surface area contributed by atoms with E-state index in [1.165, 1.54) is 16.3 Å². The van der Waals surface area contributed by atoms with Gasteiger partial charge in [0.05, 0.1) is 28.0 Å². The summed E-state index contributed by atoms with van der Waals surface area (Å²) in [5, 5.41) is 7.42. The Balaban J connectivity index is 1.40. The van der Waals surface area contributed by atoms with Crippen molar-refractivity contribution in [1.29, 1.82) is 0 Å². The first kappa shape index (κ1) is 23.9. The van der Waals surface area contributed by atoms with Gasteiger partial charge in [-0.3, -0.25) is 20.3 Å². The molecule has 5 atom stereocenters. The lowest BCUT2D eigenvalue weighted by Gasteiger charge is -2.35. The van der Waals surface area contributed by atoms with Gasteiger partial charge >= 0.3 is 0 Å². The molecule has 3 unspecified atom stereocenters. The number of rotatable bonds is 7. The summed E-state index contributed by atoms with van der Waals surface area (Å²) in [5.41, 5.74) is 8.74. The Hall–Kier alpha value is -2.78. The maximum atomic E-state index is 12.5. The Morgan fingerprint density at radius 2 is 1.83 bits per heavy atom. The van der Waals surface area contributed by atoms with Gasteiger partial charge < -0.3 is 10.5 Å².